The number of amides is 2. The van der Waals surface area contributed by atoms with Gasteiger partial charge in [0, 0.05) is 25.9 Å². The molecule has 1 aliphatic rings. The Hall–Kier alpha value is -1.59. The van der Waals surface area contributed by atoms with Crippen molar-refractivity contribution >= 4 is 17.8 Å². The Balaban J connectivity index is 2.20. The summed E-state index contributed by atoms with van der Waals surface area (Å²) in [4.78, 5) is 35.2. The molecule has 6 nitrogen and oxygen atoms in total. The van der Waals surface area contributed by atoms with E-state index in [-0.39, 0.29) is 30.2 Å². The van der Waals surface area contributed by atoms with Crippen molar-refractivity contribution in [3.63, 3.8) is 0 Å². The number of hydrogen-bond donors (Lipinski definition) is 2. The number of carbonyl (C=O) groups excluding carboxylic acids is 2. The third-order valence-electron chi connectivity index (χ3n) is 3.65. The highest BCUT2D eigenvalue weighted by Gasteiger charge is 2.23. The van der Waals surface area contributed by atoms with Gasteiger partial charge in [0.15, 0.2) is 0 Å². The lowest BCUT2D eigenvalue weighted by Gasteiger charge is -2.24. The Bertz CT molecular complexity index is 379. The maximum atomic E-state index is 11.7. The Kier molecular flexibility index (Phi) is 5.98. The van der Waals surface area contributed by atoms with Gasteiger partial charge in [-0.3, -0.25) is 14.4 Å². The van der Waals surface area contributed by atoms with Crippen molar-refractivity contribution < 1.29 is 19.5 Å². The van der Waals surface area contributed by atoms with Crippen LogP contribution in [0.25, 0.3) is 0 Å². The molecule has 1 heterocycles. The lowest BCUT2D eigenvalue weighted by atomic mass is 9.84. The van der Waals surface area contributed by atoms with Gasteiger partial charge in [-0.15, -0.1) is 0 Å². The molecule has 0 aromatic carbocycles. The summed E-state index contributed by atoms with van der Waals surface area (Å²) in [5.74, 6) is -0.897. The minimum atomic E-state index is -0.797. The zero-order valence-electron chi connectivity index (χ0n) is 12.3. The van der Waals surface area contributed by atoms with E-state index in [2.05, 4.69) is 5.32 Å². The summed E-state index contributed by atoms with van der Waals surface area (Å²) in [6.07, 6.45) is 2.82. The SMILES string of the molecule is CC(C)(CCNC(=O)CN1CCCC1=O)CCC(=O)O. The average molecular weight is 284 g/mol. The first-order valence-corrected chi connectivity index (χ1v) is 7.06. The van der Waals surface area contributed by atoms with Crippen LogP contribution in [0, 0.1) is 5.41 Å². The van der Waals surface area contributed by atoms with Crippen molar-refractivity contribution in [3.8, 4) is 0 Å². The molecule has 0 unspecified atom stereocenters. The average Bonchev–Trinajstić information content (AvgIpc) is 2.72. The highest BCUT2D eigenvalue weighted by Crippen LogP contribution is 2.25. The number of aliphatic carboxylic acids is 1. The van der Waals surface area contributed by atoms with E-state index >= 15 is 0 Å². The normalized spacial score (nSPS) is 15.5. The van der Waals surface area contributed by atoms with Crippen LogP contribution in [0.1, 0.15) is 46.0 Å². The predicted octanol–water partition coefficient (Wildman–Crippen LogP) is 1.01. The second-order valence-corrected chi connectivity index (χ2v) is 6.08. The summed E-state index contributed by atoms with van der Waals surface area (Å²) < 4.78 is 0. The number of nitrogens with one attached hydrogen (secondary N) is 1. The first kappa shape index (κ1) is 16.5. The summed E-state index contributed by atoms with van der Waals surface area (Å²) in [5.41, 5.74) is -0.116. The molecule has 0 bridgehead atoms. The minimum absolute atomic E-state index is 0.0435. The summed E-state index contributed by atoms with van der Waals surface area (Å²) >= 11 is 0. The molecule has 0 atom stereocenters. The zero-order chi connectivity index (χ0) is 15.2. The zero-order valence-corrected chi connectivity index (χ0v) is 12.3. The summed E-state index contributed by atoms with van der Waals surface area (Å²) in [7, 11) is 0. The van der Waals surface area contributed by atoms with E-state index in [1.54, 1.807) is 4.90 Å². The number of nitrogens with zero attached hydrogens (tertiary/aromatic N) is 1. The van der Waals surface area contributed by atoms with Gasteiger partial charge in [0.2, 0.25) is 11.8 Å². The van der Waals surface area contributed by atoms with Crippen LogP contribution in [0.2, 0.25) is 0 Å². The number of carbonyl (C=O) groups is 3. The Morgan fingerprint density at radius 3 is 2.60 bits per heavy atom. The first-order chi connectivity index (χ1) is 9.30. The van der Waals surface area contributed by atoms with Gasteiger partial charge < -0.3 is 15.3 Å². The van der Waals surface area contributed by atoms with Crippen LogP contribution < -0.4 is 5.32 Å². The van der Waals surface area contributed by atoms with Crippen LogP contribution in [0.4, 0.5) is 0 Å². The third-order valence-corrected chi connectivity index (χ3v) is 3.65. The van der Waals surface area contributed by atoms with E-state index in [0.717, 1.165) is 12.8 Å². The van der Waals surface area contributed by atoms with Crippen molar-refractivity contribution in [2.75, 3.05) is 19.6 Å². The van der Waals surface area contributed by atoms with E-state index in [0.29, 0.717) is 25.9 Å². The molecule has 2 amide bonds. The molecular weight excluding hydrogens is 260 g/mol. The van der Waals surface area contributed by atoms with Crippen molar-refractivity contribution in [1.82, 2.24) is 10.2 Å². The van der Waals surface area contributed by atoms with Gasteiger partial charge in [-0.2, -0.15) is 0 Å². The lowest BCUT2D eigenvalue weighted by Crippen LogP contribution is -2.38. The van der Waals surface area contributed by atoms with Gasteiger partial charge in [0.1, 0.15) is 0 Å². The van der Waals surface area contributed by atoms with E-state index in [1.165, 1.54) is 0 Å². The van der Waals surface area contributed by atoms with E-state index in [1.807, 2.05) is 13.8 Å². The largest absolute Gasteiger partial charge is 0.481 e. The van der Waals surface area contributed by atoms with Crippen LogP contribution in [-0.2, 0) is 14.4 Å². The number of hydrogen-bond acceptors (Lipinski definition) is 3. The molecule has 1 fully saturated rings. The van der Waals surface area contributed by atoms with Gasteiger partial charge in [-0.25, -0.2) is 0 Å². The molecule has 1 aliphatic heterocycles. The number of likely N-dealkylation sites (tertiary alicyclic amines) is 1. The van der Waals surface area contributed by atoms with Gasteiger partial charge >= 0.3 is 5.97 Å². The smallest absolute Gasteiger partial charge is 0.303 e. The molecule has 2 N–H and O–H groups in total. The number of carboxylic acids is 1. The van der Waals surface area contributed by atoms with Crippen LogP contribution in [-0.4, -0.2) is 47.4 Å². The number of rotatable bonds is 8. The quantitative estimate of drug-likeness (QED) is 0.696. The molecule has 1 saturated heterocycles. The third kappa shape index (κ3) is 6.04. The fourth-order valence-electron chi connectivity index (χ4n) is 2.21. The minimum Gasteiger partial charge on any atom is -0.481 e. The van der Waals surface area contributed by atoms with Gasteiger partial charge in [0.05, 0.1) is 6.54 Å². The molecule has 0 aliphatic carbocycles. The molecule has 0 radical (unpaired) electrons. The Morgan fingerprint density at radius 2 is 2.05 bits per heavy atom. The van der Waals surface area contributed by atoms with Gasteiger partial charge in [-0.05, 0) is 24.7 Å². The molecule has 6 heteroatoms. The molecule has 0 saturated carbocycles. The van der Waals surface area contributed by atoms with Crippen molar-refractivity contribution in [2.24, 2.45) is 5.41 Å². The molecule has 0 aromatic rings. The summed E-state index contributed by atoms with van der Waals surface area (Å²) in [6, 6.07) is 0. The fourth-order valence-corrected chi connectivity index (χ4v) is 2.21. The van der Waals surface area contributed by atoms with Crippen LogP contribution in [0.3, 0.4) is 0 Å². The van der Waals surface area contributed by atoms with Crippen LogP contribution >= 0.6 is 0 Å². The summed E-state index contributed by atoms with van der Waals surface area (Å²) in [6.45, 7) is 5.29. The molecule has 0 aromatic heterocycles. The van der Waals surface area contributed by atoms with E-state index < -0.39 is 5.97 Å². The van der Waals surface area contributed by atoms with Gasteiger partial charge in [-0.1, -0.05) is 13.8 Å². The number of carboxylic acid groups (broad SMARTS) is 1. The second-order valence-electron chi connectivity index (χ2n) is 6.08. The maximum Gasteiger partial charge on any atom is 0.303 e. The first-order valence-electron chi connectivity index (χ1n) is 7.06. The van der Waals surface area contributed by atoms with E-state index in [9.17, 15) is 14.4 Å². The molecule has 0 spiro atoms. The molecule has 1 rings (SSSR count). The highest BCUT2D eigenvalue weighted by molar-refractivity contribution is 5.85. The lowest BCUT2D eigenvalue weighted by molar-refractivity contribution is -0.137. The molecule has 114 valence electrons. The van der Waals surface area contributed by atoms with E-state index in [4.69, 9.17) is 5.11 Å². The monoisotopic (exact) mass is 284 g/mol. The molecular formula is C14H24N2O4. The highest BCUT2D eigenvalue weighted by atomic mass is 16.4. The Morgan fingerprint density at radius 1 is 1.35 bits per heavy atom. The predicted molar refractivity (Wildman–Crippen MR) is 74.1 cm³/mol. The Labute approximate surface area is 119 Å². The standard InChI is InChI=1S/C14H24N2O4/c1-14(2,6-5-13(19)20)7-8-15-11(17)10-16-9-3-4-12(16)18/h3-10H2,1-2H3,(H,15,17)(H,19,20). The van der Waals surface area contributed by atoms with Gasteiger partial charge in [0.25, 0.3) is 0 Å². The fraction of sp³-hybridized carbons (Fsp3) is 0.786. The van der Waals surface area contributed by atoms with Crippen LogP contribution in [0.5, 0.6) is 0 Å². The van der Waals surface area contributed by atoms with Crippen LogP contribution in [0.15, 0.2) is 0 Å². The van der Waals surface area contributed by atoms with Crippen molar-refractivity contribution in [3.05, 3.63) is 0 Å². The second kappa shape index (κ2) is 7.26. The molecule has 20 heavy (non-hydrogen) atoms. The van der Waals surface area contributed by atoms with Crippen molar-refractivity contribution in [2.45, 2.75) is 46.0 Å². The topological polar surface area (TPSA) is 86.7 Å². The maximum absolute atomic E-state index is 11.7. The van der Waals surface area contributed by atoms with Crippen molar-refractivity contribution in [1.29, 1.82) is 0 Å². The summed E-state index contributed by atoms with van der Waals surface area (Å²) in [5, 5.41) is 11.5.